The molecule has 0 aliphatic rings. The van der Waals surface area contributed by atoms with Crippen LogP contribution in [-0.2, 0) is 29.4 Å². The van der Waals surface area contributed by atoms with Crippen LogP contribution in [0.1, 0.15) is 52.0 Å². The van der Waals surface area contributed by atoms with Crippen LogP contribution >= 0.6 is 0 Å². The molecule has 3 aromatic rings. The van der Waals surface area contributed by atoms with E-state index in [0.717, 1.165) is 29.5 Å². The van der Waals surface area contributed by atoms with Gasteiger partial charge in [-0.3, -0.25) is 9.52 Å². The lowest BCUT2D eigenvalue weighted by Gasteiger charge is -2.14. The molecule has 6 heteroatoms. The molecule has 0 aliphatic heterocycles. The molecule has 0 unspecified atom stereocenters. The first-order valence-corrected chi connectivity index (χ1v) is 12.3. The third-order valence-corrected chi connectivity index (χ3v) is 6.96. The Bertz CT molecular complexity index is 1220. The van der Waals surface area contributed by atoms with Crippen LogP contribution in [0.4, 0.5) is 5.69 Å². The molecule has 0 aliphatic carbocycles. The first-order chi connectivity index (χ1) is 15.2. The predicted octanol–water partition coefficient (Wildman–Crippen LogP) is 5.16. The molecule has 0 saturated carbocycles. The van der Waals surface area contributed by atoms with Crippen molar-refractivity contribution in [1.29, 1.82) is 0 Å². The topological polar surface area (TPSA) is 75.3 Å². The van der Waals surface area contributed by atoms with Gasteiger partial charge in [-0.05, 0) is 73.2 Å². The molecule has 5 nitrogen and oxygen atoms in total. The molecule has 168 valence electrons. The van der Waals surface area contributed by atoms with Gasteiger partial charge in [0.05, 0.1) is 10.6 Å². The summed E-state index contributed by atoms with van der Waals surface area (Å²) in [6, 6.07) is 18.1. The van der Waals surface area contributed by atoms with Gasteiger partial charge in [0, 0.05) is 12.1 Å². The third kappa shape index (κ3) is 5.56. The van der Waals surface area contributed by atoms with Crippen LogP contribution in [0.15, 0.2) is 65.6 Å². The molecule has 0 aromatic heterocycles. The normalized spacial score (nSPS) is 11.2. The van der Waals surface area contributed by atoms with Gasteiger partial charge in [-0.2, -0.15) is 0 Å². The lowest BCUT2D eigenvalue weighted by Crippen LogP contribution is -2.24. The Hall–Kier alpha value is -3.12. The highest BCUT2D eigenvalue weighted by molar-refractivity contribution is 7.92. The fourth-order valence-corrected chi connectivity index (χ4v) is 4.60. The lowest BCUT2D eigenvalue weighted by atomic mass is 10.0. The van der Waals surface area contributed by atoms with Crippen LogP contribution in [0.5, 0.6) is 0 Å². The first kappa shape index (κ1) is 23.5. The lowest BCUT2D eigenvalue weighted by molar-refractivity contribution is 0.0951. The summed E-state index contributed by atoms with van der Waals surface area (Å²) in [6.07, 6.45) is 1.83. The Kier molecular flexibility index (Phi) is 7.36. The van der Waals surface area contributed by atoms with Crippen molar-refractivity contribution in [3.05, 3.63) is 94.0 Å². The van der Waals surface area contributed by atoms with E-state index < -0.39 is 10.0 Å². The summed E-state index contributed by atoms with van der Waals surface area (Å²) in [6.45, 7) is 8.33. The van der Waals surface area contributed by atoms with Gasteiger partial charge in [0.2, 0.25) is 0 Å². The van der Waals surface area contributed by atoms with Gasteiger partial charge in [0.15, 0.2) is 0 Å². The number of benzene rings is 3. The summed E-state index contributed by atoms with van der Waals surface area (Å²) in [4.78, 5) is 13.0. The SMILES string of the molecule is CCc1ccc(CC)c(CNC(=O)c2ccc(C)c(NS(=O)(=O)c3ccc(C)cc3)c2)c1. The Morgan fingerprint density at radius 2 is 1.56 bits per heavy atom. The molecule has 0 radical (unpaired) electrons. The van der Waals surface area contributed by atoms with Gasteiger partial charge in [0.25, 0.3) is 15.9 Å². The Morgan fingerprint density at radius 1 is 0.844 bits per heavy atom. The summed E-state index contributed by atoms with van der Waals surface area (Å²) in [5, 5.41) is 2.97. The smallest absolute Gasteiger partial charge is 0.261 e. The molecule has 3 aromatic carbocycles. The monoisotopic (exact) mass is 450 g/mol. The fourth-order valence-electron chi connectivity index (χ4n) is 3.48. The molecule has 0 bridgehead atoms. The van der Waals surface area contributed by atoms with Crippen LogP contribution in [0.2, 0.25) is 0 Å². The maximum Gasteiger partial charge on any atom is 0.261 e. The number of carbonyl (C=O) groups excluding carboxylic acids is 1. The Labute approximate surface area is 190 Å². The van der Waals surface area contributed by atoms with Crippen LogP contribution in [0, 0.1) is 13.8 Å². The van der Waals surface area contributed by atoms with Crippen molar-refractivity contribution in [3.63, 3.8) is 0 Å². The van der Waals surface area contributed by atoms with Crippen molar-refractivity contribution in [1.82, 2.24) is 5.32 Å². The minimum absolute atomic E-state index is 0.181. The Morgan fingerprint density at radius 3 is 2.22 bits per heavy atom. The van der Waals surface area contributed by atoms with E-state index in [1.807, 2.05) is 6.92 Å². The zero-order valence-corrected chi connectivity index (χ0v) is 19.8. The molecule has 0 atom stereocenters. The van der Waals surface area contributed by atoms with E-state index >= 15 is 0 Å². The number of rotatable bonds is 8. The maximum absolute atomic E-state index is 12.8. The number of amides is 1. The Balaban J connectivity index is 1.78. The molecule has 3 rings (SSSR count). The van der Waals surface area contributed by atoms with E-state index in [-0.39, 0.29) is 10.8 Å². The standard InChI is InChI=1S/C26H30N2O3S/c1-5-20-10-12-21(6-2)23(15-20)17-27-26(29)22-11-9-19(4)25(16-22)28-32(30,31)24-13-7-18(3)8-14-24/h7-16,28H,5-6,17H2,1-4H3,(H,27,29). The number of sulfonamides is 1. The van der Waals surface area contributed by atoms with Gasteiger partial charge >= 0.3 is 0 Å². The van der Waals surface area contributed by atoms with E-state index in [1.54, 1.807) is 49.4 Å². The number of hydrogen-bond acceptors (Lipinski definition) is 3. The van der Waals surface area contributed by atoms with Gasteiger partial charge in [-0.1, -0.05) is 55.8 Å². The molecule has 1 amide bonds. The zero-order valence-electron chi connectivity index (χ0n) is 19.0. The third-order valence-electron chi connectivity index (χ3n) is 5.57. The van der Waals surface area contributed by atoms with E-state index in [9.17, 15) is 13.2 Å². The summed E-state index contributed by atoms with van der Waals surface area (Å²) in [5.41, 5.74) is 6.05. The minimum Gasteiger partial charge on any atom is -0.348 e. The number of hydrogen-bond donors (Lipinski definition) is 2. The largest absolute Gasteiger partial charge is 0.348 e. The van der Waals surface area contributed by atoms with Crippen molar-refractivity contribution in [2.45, 2.75) is 52.0 Å². The average molecular weight is 451 g/mol. The number of anilines is 1. The van der Waals surface area contributed by atoms with Crippen LogP contribution in [0.25, 0.3) is 0 Å². The highest BCUT2D eigenvalue weighted by Crippen LogP contribution is 2.22. The number of carbonyl (C=O) groups is 1. The summed E-state index contributed by atoms with van der Waals surface area (Å²) < 4.78 is 28.2. The molecule has 0 fully saturated rings. The van der Waals surface area contributed by atoms with Crippen LogP contribution < -0.4 is 10.0 Å². The molecule has 2 N–H and O–H groups in total. The predicted molar refractivity (Wildman–Crippen MR) is 130 cm³/mol. The second-order valence-electron chi connectivity index (χ2n) is 7.94. The van der Waals surface area contributed by atoms with Crippen molar-refractivity contribution < 1.29 is 13.2 Å². The molecule has 0 spiro atoms. The van der Waals surface area contributed by atoms with E-state index in [0.29, 0.717) is 17.8 Å². The van der Waals surface area contributed by atoms with Gasteiger partial charge in [-0.25, -0.2) is 8.42 Å². The minimum atomic E-state index is -3.75. The van der Waals surface area contributed by atoms with E-state index in [2.05, 4.69) is 42.1 Å². The fraction of sp³-hybridized carbons (Fsp3) is 0.269. The molecule has 0 heterocycles. The van der Waals surface area contributed by atoms with Crippen molar-refractivity contribution in [2.75, 3.05) is 4.72 Å². The second kappa shape index (κ2) is 10.0. The molecule has 0 saturated heterocycles. The zero-order chi connectivity index (χ0) is 23.3. The quantitative estimate of drug-likeness (QED) is 0.498. The summed E-state index contributed by atoms with van der Waals surface area (Å²) in [5.74, 6) is -0.246. The number of aryl methyl sites for hydroxylation is 4. The summed E-state index contributed by atoms with van der Waals surface area (Å²) in [7, 11) is -3.75. The molecular formula is C26H30N2O3S. The second-order valence-corrected chi connectivity index (χ2v) is 9.62. The molecular weight excluding hydrogens is 420 g/mol. The van der Waals surface area contributed by atoms with Gasteiger partial charge in [-0.15, -0.1) is 0 Å². The van der Waals surface area contributed by atoms with Crippen molar-refractivity contribution >= 4 is 21.6 Å². The van der Waals surface area contributed by atoms with Gasteiger partial charge < -0.3 is 5.32 Å². The van der Waals surface area contributed by atoms with E-state index in [1.165, 1.54) is 11.1 Å². The number of nitrogens with one attached hydrogen (secondary N) is 2. The molecule has 32 heavy (non-hydrogen) atoms. The highest BCUT2D eigenvalue weighted by atomic mass is 32.2. The maximum atomic E-state index is 12.8. The van der Waals surface area contributed by atoms with Gasteiger partial charge in [0.1, 0.15) is 0 Å². The highest BCUT2D eigenvalue weighted by Gasteiger charge is 2.17. The van der Waals surface area contributed by atoms with Crippen molar-refractivity contribution in [2.24, 2.45) is 0 Å². The average Bonchev–Trinajstić information content (AvgIpc) is 2.78. The van der Waals surface area contributed by atoms with Crippen LogP contribution in [0.3, 0.4) is 0 Å². The van der Waals surface area contributed by atoms with E-state index in [4.69, 9.17) is 0 Å². The van der Waals surface area contributed by atoms with Crippen LogP contribution in [-0.4, -0.2) is 14.3 Å². The summed E-state index contributed by atoms with van der Waals surface area (Å²) >= 11 is 0. The van der Waals surface area contributed by atoms with Crippen molar-refractivity contribution in [3.8, 4) is 0 Å². The first-order valence-electron chi connectivity index (χ1n) is 10.8.